The molecule has 0 spiro atoms. The first-order valence-corrected chi connectivity index (χ1v) is 8.65. The third kappa shape index (κ3) is 4.27. The monoisotopic (exact) mass is 361 g/mol. The van der Waals surface area contributed by atoms with Gasteiger partial charge in [-0.2, -0.15) is 0 Å². The van der Waals surface area contributed by atoms with Gasteiger partial charge in [0.1, 0.15) is 12.4 Å². The zero-order valence-corrected chi connectivity index (χ0v) is 14.2. The third-order valence-electron chi connectivity index (χ3n) is 3.23. The van der Waals surface area contributed by atoms with E-state index in [1.165, 1.54) is 24.2 Å². The number of ether oxygens (including phenoxy) is 1. The molecule has 1 aromatic heterocycles. The van der Waals surface area contributed by atoms with Gasteiger partial charge in [0.2, 0.25) is 0 Å². The molecule has 0 bridgehead atoms. The zero-order valence-electron chi connectivity index (χ0n) is 11.2. The quantitative estimate of drug-likeness (QED) is 0.728. The molecule has 0 atom stereocenters. The highest BCUT2D eigenvalue weighted by Crippen LogP contribution is 2.34. The molecule has 1 N–H and O–H groups in total. The summed E-state index contributed by atoms with van der Waals surface area (Å²) in [6.45, 7) is 1.17. The van der Waals surface area contributed by atoms with Crippen LogP contribution in [-0.4, -0.2) is 6.04 Å². The number of benzene rings is 1. The van der Waals surface area contributed by atoms with Gasteiger partial charge >= 0.3 is 0 Å². The highest BCUT2D eigenvalue weighted by Gasteiger charge is 2.21. The van der Waals surface area contributed by atoms with Gasteiger partial charge in [-0.15, -0.1) is 11.3 Å². The Morgan fingerprint density at radius 3 is 2.67 bits per heavy atom. The van der Waals surface area contributed by atoms with Crippen molar-refractivity contribution in [1.82, 2.24) is 5.32 Å². The molecule has 1 saturated carbocycles. The van der Waals surface area contributed by atoms with Crippen molar-refractivity contribution in [3.63, 3.8) is 0 Å². The molecule has 21 heavy (non-hydrogen) atoms. The minimum Gasteiger partial charge on any atom is -0.486 e. The van der Waals surface area contributed by atoms with Crippen molar-refractivity contribution in [2.24, 2.45) is 0 Å². The van der Waals surface area contributed by atoms with Crippen LogP contribution in [0.3, 0.4) is 0 Å². The molecular weight excluding hydrogens is 349 g/mol. The lowest BCUT2D eigenvalue weighted by Crippen LogP contribution is -2.16. The Bertz CT molecular complexity index is 640. The van der Waals surface area contributed by atoms with Crippen molar-refractivity contribution in [1.29, 1.82) is 0 Å². The summed E-state index contributed by atoms with van der Waals surface area (Å²) >= 11 is 19.8. The maximum Gasteiger partial charge on any atom is 0.143 e. The van der Waals surface area contributed by atoms with Crippen LogP contribution in [0.1, 0.15) is 23.3 Å². The van der Waals surface area contributed by atoms with Crippen molar-refractivity contribution < 1.29 is 4.74 Å². The normalized spacial score (nSPS) is 14.4. The summed E-state index contributed by atoms with van der Waals surface area (Å²) in [6.07, 6.45) is 2.47. The van der Waals surface area contributed by atoms with Gasteiger partial charge in [-0.1, -0.05) is 34.8 Å². The number of halogens is 3. The largest absolute Gasteiger partial charge is 0.486 e. The number of rotatable bonds is 6. The van der Waals surface area contributed by atoms with E-state index in [0.29, 0.717) is 35.0 Å². The molecule has 0 aliphatic heterocycles. The van der Waals surface area contributed by atoms with Crippen LogP contribution in [0.25, 0.3) is 0 Å². The van der Waals surface area contributed by atoms with E-state index in [0.717, 1.165) is 14.8 Å². The molecule has 1 aliphatic carbocycles. The fourth-order valence-corrected chi connectivity index (χ4v) is 3.61. The molecule has 112 valence electrons. The topological polar surface area (TPSA) is 21.3 Å². The van der Waals surface area contributed by atoms with Crippen LogP contribution in [0.15, 0.2) is 24.3 Å². The Morgan fingerprint density at radius 1 is 1.19 bits per heavy atom. The van der Waals surface area contributed by atoms with Crippen LogP contribution < -0.4 is 10.1 Å². The van der Waals surface area contributed by atoms with Gasteiger partial charge in [0.15, 0.2) is 0 Å². The Balaban J connectivity index is 1.74. The van der Waals surface area contributed by atoms with E-state index in [2.05, 4.69) is 5.32 Å². The number of nitrogens with one attached hydrogen (secondary N) is 1. The number of hydrogen-bond donors (Lipinski definition) is 1. The van der Waals surface area contributed by atoms with Crippen LogP contribution in [-0.2, 0) is 13.2 Å². The van der Waals surface area contributed by atoms with Gasteiger partial charge in [-0.3, -0.25) is 0 Å². The maximum atomic E-state index is 6.28. The molecule has 1 heterocycles. The number of thiophene rings is 1. The van der Waals surface area contributed by atoms with E-state index in [4.69, 9.17) is 39.5 Å². The summed E-state index contributed by atoms with van der Waals surface area (Å²) in [5, 5.41) is 4.62. The Hall–Kier alpha value is -0.450. The van der Waals surface area contributed by atoms with Gasteiger partial charge < -0.3 is 10.1 Å². The first-order chi connectivity index (χ1) is 10.1. The van der Waals surface area contributed by atoms with E-state index in [9.17, 15) is 0 Å². The lowest BCUT2D eigenvalue weighted by Gasteiger charge is -2.14. The second-order valence-corrected chi connectivity index (χ2v) is 7.67. The fourth-order valence-electron chi connectivity index (χ4n) is 2.02. The summed E-state index contributed by atoms with van der Waals surface area (Å²) < 4.78 is 6.65. The predicted molar refractivity (Wildman–Crippen MR) is 90.0 cm³/mol. The van der Waals surface area contributed by atoms with Crippen LogP contribution >= 0.6 is 46.1 Å². The standard InChI is InChI=1S/C15H14Cl3NOS/c16-10-5-9(7-19-11-1-2-11)15(13(17)6-10)20-8-12-3-4-14(18)21-12/h3-6,11,19H,1-2,7-8H2. The van der Waals surface area contributed by atoms with Crippen molar-refractivity contribution in [2.75, 3.05) is 0 Å². The maximum absolute atomic E-state index is 6.28. The Morgan fingerprint density at radius 2 is 2.00 bits per heavy atom. The van der Waals surface area contributed by atoms with E-state index >= 15 is 0 Å². The van der Waals surface area contributed by atoms with E-state index < -0.39 is 0 Å². The van der Waals surface area contributed by atoms with Crippen molar-refractivity contribution in [3.8, 4) is 5.75 Å². The van der Waals surface area contributed by atoms with Crippen molar-refractivity contribution in [3.05, 3.63) is 49.1 Å². The third-order valence-corrected chi connectivity index (χ3v) is 4.94. The molecular formula is C15H14Cl3NOS. The van der Waals surface area contributed by atoms with Crippen molar-refractivity contribution >= 4 is 46.1 Å². The van der Waals surface area contributed by atoms with Gasteiger partial charge in [0.25, 0.3) is 0 Å². The molecule has 0 unspecified atom stereocenters. The Kier molecular flexibility index (Phi) is 4.97. The van der Waals surface area contributed by atoms with Gasteiger partial charge in [0, 0.05) is 28.0 Å². The van der Waals surface area contributed by atoms with E-state index in [1.54, 1.807) is 6.07 Å². The molecule has 1 aromatic carbocycles. The fraction of sp³-hybridized carbons (Fsp3) is 0.333. The second-order valence-electron chi connectivity index (χ2n) is 5.03. The molecule has 1 aliphatic rings. The molecule has 1 fully saturated rings. The smallest absolute Gasteiger partial charge is 0.143 e. The van der Waals surface area contributed by atoms with E-state index in [-0.39, 0.29) is 0 Å². The van der Waals surface area contributed by atoms with Gasteiger partial charge in [0.05, 0.1) is 9.36 Å². The van der Waals surface area contributed by atoms with Crippen LogP contribution in [0, 0.1) is 0 Å². The average Bonchev–Trinajstić information content (AvgIpc) is 3.17. The average molecular weight is 363 g/mol. The minimum atomic E-state index is 0.454. The lowest BCUT2D eigenvalue weighted by molar-refractivity contribution is 0.306. The summed E-state index contributed by atoms with van der Waals surface area (Å²) in [5.41, 5.74) is 0.988. The van der Waals surface area contributed by atoms with Crippen LogP contribution in [0.4, 0.5) is 0 Å². The second kappa shape index (κ2) is 6.76. The summed E-state index contributed by atoms with van der Waals surface area (Å²) in [5.74, 6) is 0.693. The summed E-state index contributed by atoms with van der Waals surface area (Å²) in [4.78, 5) is 1.06. The summed E-state index contributed by atoms with van der Waals surface area (Å²) in [6, 6.07) is 8.05. The highest BCUT2D eigenvalue weighted by molar-refractivity contribution is 7.16. The van der Waals surface area contributed by atoms with Crippen molar-refractivity contribution in [2.45, 2.75) is 32.0 Å². The first-order valence-electron chi connectivity index (χ1n) is 6.70. The zero-order chi connectivity index (χ0) is 14.8. The Labute approximate surface area is 143 Å². The minimum absolute atomic E-state index is 0.454. The molecule has 2 nitrogen and oxygen atoms in total. The van der Waals surface area contributed by atoms with Crippen LogP contribution in [0.5, 0.6) is 5.75 Å². The van der Waals surface area contributed by atoms with E-state index in [1.807, 2.05) is 18.2 Å². The predicted octanol–water partition coefficient (Wildman–Crippen LogP) is 5.54. The SMILES string of the molecule is Clc1cc(Cl)c(OCc2ccc(Cl)s2)c(CNC2CC2)c1. The molecule has 0 radical (unpaired) electrons. The molecule has 2 aromatic rings. The van der Waals surface area contributed by atoms with Crippen LogP contribution in [0.2, 0.25) is 14.4 Å². The van der Waals surface area contributed by atoms with Gasteiger partial charge in [-0.05, 0) is 37.1 Å². The molecule has 6 heteroatoms. The summed E-state index contributed by atoms with van der Waals surface area (Å²) in [7, 11) is 0. The van der Waals surface area contributed by atoms with Gasteiger partial charge in [-0.25, -0.2) is 0 Å². The molecule has 0 amide bonds. The lowest BCUT2D eigenvalue weighted by atomic mass is 10.2. The molecule has 0 saturated heterocycles. The number of hydrogen-bond acceptors (Lipinski definition) is 3. The first kappa shape index (κ1) is 15.4. The highest BCUT2D eigenvalue weighted by atomic mass is 35.5. The molecule has 3 rings (SSSR count).